The maximum absolute atomic E-state index is 13.4. The number of nitrogens with one attached hydrogen (secondary N) is 1. The Morgan fingerprint density at radius 2 is 1.71 bits per heavy atom. The van der Waals surface area contributed by atoms with E-state index in [1.54, 1.807) is 24.3 Å². The minimum absolute atomic E-state index is 0.0199. The molecule has 0 amide bonds. The normalized spacial score (nSPS) is 10.9. The smallest absolute Gasteiger partial charge is 0.197 e. The van der Waals surface area contributed by atoms with E-state index in [-0.39, 0.29) is 34.6 Å². The largest absolute Gasteiger partial charge is 0.507 e. The molecule has 0 spiro atoms. The molecule has 0 saturated carbocycles. The monoisotopic (exact) mass is 377 g/mol. The molecule has 6 heteroatoms. The average Bonchev–Trinajstić information content (AvgIpc) is 2.68. The summed E-state index contributed by atoms with van der Waals surface area (Å²) >= 11 is 0. The Morgan fingerprint density at radius 3 is 2.46 bits per heavy atom. The molecule has 3 N–H and O–H groups in total. The lowest BCUT2D eigenvalue weighted by atomic mass is 10.1. The van der Waals surface area contributed by atoms with Gasteiger partial charge in [-0.25, -0.2) is 4.39 Å². The van der Waals surface area contributed by atoms with Gasteiger partial charge in [0.05, 0.1) is 5.56 Å². The van der Waals surface area contributed by atoms with Crippen LogP contribution in [0.5, 0.6) is 11.5 Å². The van der Waals surface area contributed by atoms with Crippen LogP contribution in [0, 0.1) is 5.82 Å². The number of phenolic OH excluding ortho intramolecular Hbond substituents is 2. The number of halogens is 1. The minimum atomic E-state index is -0.426. The average molecular weight is 377 g/mol. The zero-order valence-corrected chi connectivity index (χ0v) is 14.6. The summed E-state index contributed by atoms with van der Waals surface area (Å²) in [4.78, 5) is 12.6. The Bertz CT molecular complexity index is 1220. The third-order valence-electron chi connectivity index (χ3n) is 4.41. The highest BCUT2D eigenvalue weighted by Gasteiger charge is 2.18. The first-order valence-corrected chi connectivity index (χ1v) is 8.59. The number of aromatic hydroxyl groups is 2. The molecule has 0 unspecified atom stereocenters. The third kappa shape index (κ3) is 3.27. The lowest BCUT2D eigenvalue weighted by Crippen LogP contribution is -2.06. The Hall–Kier alpha value is -3.80. The maximum atomic E-state index is 13.4. The van der Waals surface area contributed by atoms with Crippen LogP contribution in [-0.2, 0) is 6.54 Å². The van der Waals surface area contributed by atoms with E-state index in [1.807, 2.05) is 18.2 Å². The fourth-order valence-electron chi connectivity index (χ4n) is 3.06. The third-order valence-corrected chi connectivity index (χ3v) is 4.41. The summed E-state index contributed by atoms with van der Waals surface area (Å²) in [6, 6.07) is 17.3. The van der Waals surface area contributed by atoms with E-state index >= 15 is 0 Å². The summed E-state index contributed by atoms with van der Waals surface area (Å²) in [6.45, 7) is 0.0627. The lowest BCUT2D eigenvalue weighted by Gasteiger charge is -2.13. The van der Waals surface area contributed by atoms with E-state index in [2.05, 4.69) is 5.32 Å². The molecule has 1 heterocycles. The van der Waals surface area contributed by atoms with Gasteiger partial charge in [0, 0.05) is 29.9 Å². The number of phenols is 2. The summed E-state index contributed by atoms with van der Waals surface area (Å²) < 4.78 is 19.3. The number of hydrogen-bond donors (Lipinski definition) is 3. The van der Waals surface area contributed by atoms with Gasteiger partial charge >= 0.3 is 0 Å². The van der Waals surface area contributed by atoms with Crippen molar-refractivity contribution in [1.82, 2.24) is 0 Å². The number of rotatable bonds is 4. The Balaban J connectivity index is 1.85. The van der Waals surface area contributed by atoms with Crippen molar-refractivity contribution in [3.8, 4) is 22.8 Å². The first kappa shape index (κ1) is 17.6. The standard InChI is InChI=1S/C22H16FNO4/c23-14-7-4-8-15(9-14)24-12-16-17(25)10-18(26)21-19(27)11-20(28-22(16)21)13-5-2-1-3-6-13/h1-11,24-26H,12H2. The number of hydrogen-bond acceptors (Lipinski definition) is 5. The molecule has 4 rings (SSSR count). The second-order valence-electron chi connectivity index (χ2n) is 6.30. The van der Waals surface area contributed by atoms with Crippen molar-refractivity contribution >= 4 is 16.7 Å². The van der Waals surface area contributed by atoms with Crippen LogP contribution in [0.25, 0.3) is 22.3 Å². The van der Waals surface area contributed by atoms with Gasteiger partial charge in [-0.15, -0.1) is 0 Å². The van der Waals surface area contributed by atoms with Crippen LogP contribution in [0.2, 0.25) is 0 Å². The van der Waals surface area contributed by atoms with Gasteiger partial charge in [-0.05, 0) is 18.2 Å². The molecular weight excluding hydrogens is 361 g/mol. The second-order valence-corrected chi connectivity index (χ2v) is 6.30. The van der Waals surface area contributed by atoms with Crippen LogP contribution in [0.3, 0.4) is 0 Å². The summed E-state index contributed by atoms with van der Waals surface area (Å²) in [5.74, 6) is -0.685. The molecule has 3 aromatic carbocycles. The molecule has 28 heavy (non-hydrogen) atoms. The number of anilines is 1. The highest BCUT2D eigenvalue weighted by Crippen LogP contribution is 2.35. The number of benzene rings is 3. The Morgan fingerprint density at radius 1 is 0.929 bits per heavy atom. The van der Waals surface area contributed by atoms with E-state index in [1.165, 1.54) is 18.2 Å². The van der Waals surface area contributed by atoms with Crippen LogP contribution in [0.4, 0.5) is 10.1 Å². The van der Waals surface area contributed by atoms with Crippen LogP contribution in [0.15, 0.2) is 75.9 Å². The van der Waals surface area contributed by atoms with Crippen molar-refractivity contribution in [1.29, 1.82) is 0 Å². The highest BCUT2D eigenvalue weighted by atomic mass is 19.1. The molecule has 0 atom stereocenters. The van der Waals surface area contributed by atoms with Crippen LogP contribution >= 0.6 is 0 Å². The summed E-state index contributed by atoms with van der Waals surface area (Å²) in [5.41, 5.74) is 1.12. The fraction of sp³-hybridized carbons (Fsp3) is 0.0455. The predicted molar refractivity (Wildman–Crippen MR) is 105 cm³/mol. The van der Waals surface area contributed by atoms with Crippen LogP contribution in [-0.4, -0.2) is 10.2 Å². The van der Waals surface area contributed by atoms with Crippen molar-refractivity contribution in [3.63, 3.8) is 0 Å². The summed E-state index contributed by atoms with van der Waals surface area (Å²) in [7, 11) is 0. The van der Waals surface area contributed by atoms with Crippen LogP contribution < -0.4 is 10.7 Å². The van der Waals surface area contributed by atoms with Gasteiger partial charge in [-0.2, -0.15) is 0 Å². The SMILES string of the molecule is O=c1cc(-c2ccccc2)oc2c(CNc3cccc(F)c3)c(O)cc(O)c12. The lowest BCUT2D eigenvalue weighted by molar-refractivity contribution is 0.447. The van der Waals surface area contributed by atoms with E-state index in [0.717, 1.165) is 6.07 Å². The quantitative estimate of drug-likeness (QED) is 0.483. The van der Waals surface area contributed by atoms with Gasteiger partial charge in [0.25, 0.3) is 0 Å². The van der Waals surface area contributed by atoms with Gasteiger partial charge in [-0.3, -0.25) is 4.79 Å². The Labute approximate surface area is 159 Å². The predicted octanol–water partition coefficient (Wildman–Crippen LogP) is 4.62. The highest BCUT2D eigenvalue weighted by molar-refractivity contribution is 5.89. The number of fused-ring (bicyclic) bond motifs is 1. The van der Waals surface area contributed by atoms with Crippen molar-refractivity contribution < 1.29 is 19.0 Å². The van der Waals surface area contributed by atoms with E-state index in [0.29, 0.717) is 17.0 Å². The molecule has 140 valence electrons. The molecule has 0 fully saturated rings. The first-order valence-electron chi connectivity index (χ1n) is 8.59. The van der Waals surface area contributed by atoms with E-state index < -0.39 is 11.2 Å². The molecule has 1 aromatic heterocycles. The van der Waals surface area contributed by atoms with Crippen molar-refractivity contribution in [2.24, 2.45) is 0 Å². The van der Waals surface area contributed by atoms with E-state index in [9.17, 15) is 19.4 Å². The van der Waals surface area contributed by atoms with Gasteiger partial charge < -0.3 is 19.9 Å². The molecule has 0 aliphatic heterocycles. The van der Waals surface area contributed by atoms with Gasteiger partial charge in [0.15, 0.2) is 11.0 Å². The molecule has 0 aliphatic carbocycles. The summed E-state index contributed by atoms with van der Waals surface area (Å²) in [6.07, 6.45) is 0. The van der Waals surface area contributed by atoms with Crippen molar-refractivity contribution in [3.05, 3.63) is 88.3 Å². The zero-order valence-electron chi connectivity index (χ0n) is 14.6. The topological polar surface area (TPSA) is 82.7 Å². The van der Waals surface area contributed by atoms with Crippen molar-refractivity contribution in [2.45, 2.75) is 6.54 Å². The van der Waals surface area contributed by atoms with Gasteiger partial charge in [0.1, 0.15) is 28.5 Å². The van der Waals surface area contributed by atoms with Gasteiger partial charge in [-0.1, -0.05) is 36.4 Å². The Kier molecular flexibility index (Phi) is 4.45. The molecule has 0 bridgehead atoms. The minimum Gasteiger partial charge on any atom is -0.507 e. The van der Waals surface area contributed by atoms with Crippen molar-refractivity contribution in [2.75, 3.05) is 5.32 Å². The fourth-order valence-corrected chi connectivity index (χ4v) is 3.06. The first-order chi connectivity index (χ1) is 13.5. The molecule has 0 saturated heterocycles. The van der Waals surface area contributed by atoms with Gasteiger partial charge in [0.2, 0.25) is 0 Å². The van der Waals surface area contributed by atoms with Crippen LogP contribution in [0.1, 0.15) is 5.56 Å². The molecule has 5 nitrogen and oxygen atoms in total. The molecule has 0 aliphatic rings. The molecule has 4 aromatic rings. The maximum Gasteiger partial charge on any atom is 0.197 e. The van der Waals surface area contributed by atoms with E-state index in [4.69, 9.17) is 4.42 Å². The zero-order chi connectivity index (χ0) is 19.7. The molecule has 0 radical (unpaired) electrons. The summed E-state index contributed by atoms with van der Waals surface area (Å²) in [5, 5.41) is 23.5. The second kappa shape index (κ2) is 7.08. The molecular formula is C22H16FNO4.